The summed E-state index contributed by atoms with van der Waals surface area (Å²) in [4.78, 5) is 13.8. The van der Waals surface area contributed by atoms with E-state index in [4.69, 9.17) is 23.2 Å². The molecule has 0 aliphatic carbocycles. The van der Waals surface area contributed by atoms with E-state index in [2.05, 4.69) is 5.32 Å². The minimum atomic E-state index is -0.443. The second-order valence-corrected chi connectivity index (χ2v) is 5.62. The molecule has 0 bridgehead atoms. The zero-order chi connectivity index (χ0) is 14.0. The third-order valence-electron chi connectivity index (χ3n) is 3.20. The molecule has 1 fully saturated rings. The van der Waals surface area contributed by atoms with Crippen molar-refractivity contribution in [2.45, 2.75) is 25.1 Å². The summed E-state index contributed by atoms with van der Waals surface area (Å²) in [6, 6.07) is 4.91. The van der Waals surface area contributed by atoms with Crippen molar-refractivity contribution in [2.24, 2.45) is 0 Å². The zero-order valence-electron chi connectivity index (χ0n) is 10.6. The lowest BCUT2D eigenvalue weighted by Gasteiger charge is -2.21. The Morgan fingerprint density at radius 1 is 1.53 bits per heavy atom. The molecule has 1 aliphatic heterocycles. The zero-order valence-corrected chi connectivity index (χ0v) is 12.1. The lowest BCUT2D eigenvalue weighted by atomic mass is 10.1. The fraction of sp³-hybridized carbons (Fsp3) is 0.462. The number of hydrogen-bond donors (Lipinski definition) is 2. The summed E-state index contributed by atoms with van der Waals surface area (Å²) in [7, 11) is 1.72. The molecule has 104 valence electrons. The van der Waals surface area contributed by atoms with Gasteiger partial charge in [-0.3, -0.25) is 4.79 Å². The van der Waals surface area contributed by atoms with Crippen molar-refractivity contribution in [1.82, 2.24) is 10.2 Å². The van der Waals surface area contributed by atoms with E-state index in [0.29, 0.717) is 29.6 Å². The average Bonchev–Trinajstić information content (AvgIpc) is 2.78. The quantitative estimate of drug-likeness (QED) is 0.893. The Kier molecular flexibility index (Phi) is 4.68. The van der Waals surface area contributed by atoms with Crippen LogP contribution in [-0.4, -0.2) is 41.7 Å². The standard InChI is InChI=1S/C13H16Cl2N2O2/c1-17(13(19)12-5-10(18)6-16-12)7-8-2-3-9(14)4-11(8)15/h2-4,10,12,16,18H,5-7H2,1H3. The van der Waals surface area contributed by atoms with Crippen molar-refractivity contribution in [3.05, 3.63) is 33.8 Å². The summed E-state index contributed by atoms with van der Waals surface area (Å²) in [5, 5.41) is 13.5. The van der Waals surface area contributed by atoms with Gasteiger partial charge in [-0.1, -0.05) is 29.3 Å². The van der Waals surface area contributed by atoms with Crippen LogP contribution in [0.5, 0.6) is 0 Å². The molecular weight excluding hydrogens is 287 g/mol. The molecule has 2 atom stereocenters. The van der Waals surface area contributed by atoms with Crippen LogP contribution in [0.1, 0.15) is 12.0 Å². The van der Waals surface area contributed by atoms with E-state index in [1.165, 1.54) is 0 Å². The highest BCUT2D eigenvalue weighted by Crippen LogP contribution is 2.22. The van der Waals surface area contributed by atoms with Crippen LogP contribution in [0, 0.1) is 0 Å². The molecule has 0 saturated carbocycles. The van der Waals surface area contributed by atoms with Gasteiger partial charge in [0.2, 0.25) is 5.91 Å². The number of aliphatic hydroxyl groups is 1. The number of carbonyl (C=O) groups is 1. The maximum atomic E-state index is 12.2. The van der Waals surface area contributed by atoms with Gasteiger partial charge in [0.1, 0.15) is 0 Å². The summed E-state index contributed by atoms with van der Waals surface area (Å²) in [6.45, 7) is 0.884. The van der Waals surface area contributed by atoms with E-state index in [1.807, 2.05) is 6.07 Å². The van der Waals surface area contributed by atoms with Gasteiger partial charge in [0.05, 0.1) is 12.1 Å². The number of benzene rings is 1. The number of likely N-dealkylation sites (N-methyl/N-ethyl adjacent to an activating group) is 1. The van der Waals surface area contributed by atoms with Crippen LogP contribution >= 0.6 is 23.2 Å². The van der Waals surface area contributed by atoms with Gasteiger partial charge in [0, 0.05) is 30.2 Å². The van der Waals surface area contributed by atoms with Crippen LogP contribution in [-0.2, 0) is 11.3 Å². The molecular formula is C13H16Cl2N2O2. The molecule has 1 heterocycles. The molecule has 1 saturated heterocycles. The summed E-state index contributed by atoms with van der Waals surface area (Å²) in [6.07, 6.45) is 0.0128. The molecule has 1 aliphatic rings. The molecule has 0 radical (unpaired) electrons. The first-order valence-electron chi connectivity index (χ1n) is 6.07. The van der Waals surface area contributed by atoms with Gasteiger partial charge in [-0.25, -0.2) is 0 Å². The van der Waals surface area contributed by atoms with Gasteiger partial charge in [-0.15, -0.1) is 0 Å². The molecule has 1 aromatic rings. The van der Waals surface area contributed by atoms with E-state index in [-0.39, 0.29) is 11.9 Å². The number of β-amino-alcohol motifs (C(OH)–C–C–N with tert-alkyl or cyclic N) is 1. The topological polar surface area (TPSA) is 52.6 Å². The SMILES string of the molecule is CN(Cc1ccc(Cl)cc1Cl)C(=O)C1CC(O)CN1. The first-order valence-corrected chi connectivity index (χ1v) is 6.83. The third kappa shape index (κ3) is 3.60. The van der Waals surface area contributed by atoms with Crippen molar-refractivity contribution in [3.8, 4) is 0 Å². The number of nitrogens with one attached hydrogen (secondary N) is 1. The highest BCUT2D eigenvalue weighted by atomic mass is 35.5. The predicted molar refractivity (Wildman–Crippen MR) is 75.4 cm³/mol. The third-order valence-corrected chi connectivity index (χ3v) is 3.79. The Balaban J connectivity index is 2.00. The van der Waals surface area contributed by atoms with Gasteiger partial charge in [0.25, 0.3) is 0 Å². The molecule has 1 aromatic carbocycles. The van der Waals surface area contributed by atoms with Gasteiger partial charge >= 0.3 is 0 Å². The van der Waals surface area contributed by atoms with Crippen molar-refractivity contribution in [2.75, 3.05) is 13.6 Å². The van der Waals surface area contributed by atoms with E-state index in [9.17, 15) is 9.90 Å². The fourth-order valence-corrected chi connectivity index (χ4v) is 2.62. The Hall–Kier alpha value is -0.810. The van der Waals surface area contributed by atoms with Crippen molar-refractivity contribution >= 4 is 29.1 Å². The molecule has 19 heavy (non-hydrogen) atoms. The van der Waals surface area contributed by atoms with Crippen LogP contribution in [0.4, 0.5) is 0 Å². The maximum Gasteiger partial charge on any atom is 0.239 e. The Labute approximate surface area is 122 Å². The average molecular weight is 303 g/mol. The number of amides is 1. The second kappa shape index (κ2) is 6.09. The van der Waals surface area contributed by atoms with Gasteiger partial charge < -0.3 is 15.3 Å². The van der Waals surface area contributed by atoms with Crippen LogP contribution < -0.4 is 5.32 Å². The minimum Gasteiger partial charge on any atom is -0.392 e. The Bertz CT molecular complexity index is 482. The molecule has 1 amide bonds. The van der Waals surface area contributed by atoms with Crippen LogP contribution in [0.15, 0.2) is 18.2 Å². The number of rotatable bonds is 3. The van der Waals surface area contributed by atoms with Crippen molar-refractivity contribution in [1.29, 1.82) is 0 Å². The molecule has 0 spiro atoms. The van der Waals surface area contributed by atoms with Gasteiger partial charge in [-0.2, -0.15) is 0 Å². The summed E-state index contributed by atoms with van der Waals surface area (Å²) < 4.78 is 0. The summed E-state index contributed by atoms with van der Waals surface area (Å²) >= 11 is 11.9. The number of hydrogen-bond acceptors (Lipinski definition) is 3. The molecule has 0 aromatic heterocycles. The smallest absolute Gasteiger partial charge is 0.239 e. The first-order chi connectivity index (χ1) is 8.97. The summed E-state index contributed by atoms with van der Waals surface area (Å²) in [5.41, 5.74) is 0.848. The molecule has 6 heteroatoms. The van der Waals surface area contributed by atoms with E-state index >= 15 is 0 Å². The number of halogens is 2. The maximum absolute atomic E-state index is 12.2. The largest absolute Gasteiger partial charge is 0.392 e. The predicted octanol–water partition coefficient (Wildman–Crippen LogP) is 1.67. The number of carbonyl (C=O) groups excluding carboxylic acids is 1. The van der Waals surface area contributed by atoms with Crippen molar-refractivity contribution in [3.63, 3.8) is 0 Å². The molecule has 2 N–H and O–H groups in total. The fourth-order valence-electron chi connectivity index (χ4n) is 2.15. The van der Waals surface area contributed by atoms with Gasteiger partial charge in [-0.05, 0) is 24.1 Å². The van der Waals surface area contributed by atoms with Crippen LogP contribution in [0.2, 0.25) is 10.0 Å². The van der Waals surface area contributed by atoms with E-state index in [0.717, 1.165) is 5.56 Å². The first kappa shape index (κ1) is 14.6. The molecule has 2 rings (SSSR count). The van der Waals surface area contributed by atoms with Crippen molar-refractivity contribution < 1.29 is 9.90 Å². The second-order valence-electron chi connectivity index (χ2n) is 4.78. The summed E-state index contributed by atoms with van der Waals surface area (Å²) in [5.74, 6) is -0.0393. The molecule has 4 nitrogen and oxygen atoms in total. The number of nitrogens with zero attached hydrogens (tertiary/aromatic N) is 1. The highest BCUT2D eigenvalue weighted by molar-refractivity contribution is 6.35. The van der Waals surface area contributed by atoms with Crippen LogP contribution in [0.3, 0.4) is 0 Å². The normalized spacial score (nSPS) is 22.5. The molecule has 2 unspecified atom stereocenters. The monoisotopic (exact) mass is 302 g/mol. The minimum absolute atomic E-state index is 0.0393. The Morgan fingerprint density at radius 3 is 2.84 bits per heavy atom. The highest BCUT2D eigenvalue weighted by Gasteiger charge is 2.30. The number of aliphatic hydroxyl groups excluding tert-OH is 1. The van der Waals surface area contributed by atoms with E-state index < -0.39 is 6.10 Å². The Morgan fingerprint density at radius 2 is 2.26 bits per heavy atom. The lowest BCUT2D eigenvalue weighted by Crippen LogP contribution is -2.41. The lowest BCUT2D eigenvalue weighted by molar-refractivity contribution is -0.132. The van der Waals surface area contributed by atoms with Crippen LogP contribution in [0.25, 0.3) is 0 Å². The van der Waals surface area contributed by atoms with Gasteiger partial charge in [0.15, 0.2) is 0 Å². The van der Waals surface area contributed by atoms with E-state index in [1.54, 1.807) is 24.1 Å².